The van der Waals surface area contributed by atoms with Gasteiger partial charge >= 0.3 is 6.18 Å². The molecule has 0 aliphatic carbocycles. The van der Waals surface area contributed by atoms with Crippen molar-refractivity contribution in [2.24, 2.45) is 4.99 Å². The van der Waals surface area contributed by atoms with Crippen molar-refractivity contribution in [1.29, 1.82) is 0 Å². The number of aliphatic imine (C=N–C) groups is 1. The number of rotatable bonds is 2. The van der Waals surface area contributed by atoms with Crippen LogP contribution in [0.3, 0.4) is 0 Å². The Labute approximate surface area is 180 Å². The Balaban J connectivity index is 1.60. The van der Waals surface area contributed by atoms with E-state index in [0.717, 1.165) is 16.7 Å². The van der Waals surface area contributed by atoms with E-state index >= 15 is 0 Å². The number of halogens is 3. The molecule has 1 atom stereocenters. The van der Waals surface area contributed by atoms with Crippen LogP contribution in [0.1, 0.15) is 23.1 Å². The Kier molecular flexibility index (Phi) is 4.44. The topological polar surface area (TPSA) is 77.7 Å². The number of fused-ring (bicyclic) bond motifs is 4. The van der Waals surface area contributed by atoms with Crippen LogP contribution in [0.4, 0.5) is 19.0 Å². The van der Waals surface area contributed by atoms with Crippen molar-refractivity contribution in [2.45, 2.75) is 25.4 Å². The van der Waals surface area contributed by atoms with Crippen LogP contribution in [0, 0.1) is 0 Å². The lowest BCUT2D eigenvalue weighted by Gasteiger charge is -2.28. The molecule has 32 heavy (non-hydrogen) atoms. The number of hydrogen-bond donors (Lipinski definition) is 0. The van der Waals surface area contributed by atoms with E-state index in [4.69, 9.17) is 19.4 Å². The fraction of sp³-hybridized carbons (Fsp3) is 0.429. The third-order valence-electron chi connectivity index (χ3n) is 5.97. The average molecular weight is 444 g/mol. The van der Waals surface area contributed by atoms with Crippen molar-refractivity contribution in [1.82, 2.24) is 19.5 Å². The number of ether oxygens (including phenoxy) is 2. The van der Waals surface area contributed by atoms with Crippen LogP contribution in [0.2, 0.25) is 0 Å². The molecule has 0 bridgehead atoms. The average Bonchev–Trinajstić information content (AvgIpc) is 3.42. The van der Waals surface area contributed by atoms with Gasteiger partial charge in [-0.2, -0.15) is 13.2 Å². The number of nitrogens with zero attached hydrogens (tertiary/aromatic N) is 6. The summed E-state index contributed by atoms with van der Waals surface area (Å²) in [4.78, 5) is 20.2. The molecule has 166 valence electrons. The number of alkyl halides is 3. The molecule has 3 aromatic rings. The third-order valence-corrected chi connectivity index (χ3v) is 5.97. The van der Waals surface area contributed by atoms with Gasteiger partial charge in [0.15, 0.2) is 22.8 Å². The fourth-order valence-corrected chi connectivity index (χ4v) is 4.45. The Morgan fingerprint density at radius 3 is 2.66 bits per heavy atom. The predicted octanol–water partition coefficient (Wildman–Crippen LogP) is 2.90. The van der Waals surface area contributed by atoms with Crippen molar-refractivity contribution in [3.05, 3.63) is 35.2 Å². The van der Waals surface area contributed by atoms with Crippen molar-refractivity contribution in [3.63, 3.8) is 0 Å². The molecule has 1 unspecified atom stereocenters. The van der Waals surface area contributed by atoms with E-state index in [-0.39, 0.29) is 19.0 Å². The van der Waals surface area contributed by atoms with Crippen molar-refractivity contribution in [3.8, 4) is 11.4 Å². The summed E-state index contributed by atoms with van der Waals surface area (Å²) in [5.41, 5.74) is 3.55. The summed E-state index contributed by atoms with van der Waals surface area (Å²) in [6.07, 6.45) is -4.85. The van der Waals surface area contributed by atoms with E-state index < -0.39 is 12.3 Å². The van der Waals surface area contributed by atoms with Gasteiger partial charge in [0.1, 0.15) is 5.82 Å². The second kappa shape index (κ2) is 7.24. The van der Waals surface area contributed by atoms with Gasteiger partial charge in [-0.1, -0.05) is 18.2 Å². The second-order valence-corrected chi connectivity index (χ2v) is 7.90. The van der Waals surface area contributed by atoms with Gasteiger partial charge in [0.25, 0.3) is 0 Å². The first-order valence-corrected chi connectivity index (χ1v) is 10.4. The maximum absolute atomic E-state index is 13.6. The van der Waals surface area contributed by atoms with E-state index in [2.05, 4.69) is 9.98 Å². The lowest BCUT2D eigenvalue weighted by atomic mass is 10.0. The zero-order chi connectivity index (χ0) is 21.9. The highest BCUT2D eigenvalue weighted by atomic mass is 19.4. The van der Waals surface area contributed by atoms with E-state index in [9.17, 15) is 13.2 Å². The standard InChI is InChI=1S/C21H19F3N6O2/c22-21(23,24)16-20-26-15-18(29-4-7-31-8-5-29)27-17(28-19(15)30(20)6-9-32-16)13-3-1-2-12-10-25-11-14(12)13/h1-3,11,16H,4-10H2. The zero-order valence-electron chi connectivity index (χ0n) is 17.0. The van der Waals surface area contributed by atoms with Crippen molar-refractivity contribution < 1.29 is 22.6 Å². The molecule has 1 aromatic carbocycles. The molecule has 0 radical (unpaired) electrons. The van der Waals surface area contributed by atoms with Crippen LogP contribution in [0.5, 0.6) is 0 Å². The normalized spacial score (nSPS) is 20.6. The lowest BCUT2D eigenvalue weighted by Crippen LogP contribution is -2.37. The molecule has 0 amide bonds. The lowest BCUT2D eigenvalue weighted by molar-refractivity contribution is -0.233. The molecule has 0 saturated carbocycles. The van der Waals surface area contributed by atoms with Gasteiger partial charge in [0.05, 0.1) is 26.4 Å². The van der Waals surface area contributed by atoms with E-state index in [0.29, 0.717) is 55.7 Å². The largest absolute Gasteiger partial charge is 0.421 e. The molecule has 8 nitrogen and oxygen atoms in total. The number of aromatic nitrogens is 4. The van der Waals surface area contributed by atoms with Gasteiger partial charge in [-0.3, -0.25) is 4.99 Å². The molecule has 3 aliphatic rings. The van der Waals surface area contributed by atoms with Gasteiger partial charge in [0.2, 0.25) is 6.10 Å². The first-order valence-electron chi connectivity index (χ1n) is 10.4. The van der Waals surface area contributed by atoms with E-state index in [1.54, 1.807) is 6.21 Å². The summed E-state index contributed by atoms with van der Waals surface area (Å²) in [5, 5.41) is 0. The summed E-state index contributed by atoms with van der Waals surface area (Å²) in [6, 6.07) is 5.83. The van der Waals surface area contributed by atoms with Gasteiger partial charge < -0.3 is 18.9 Å². The van der Waals surface area contributed by atoms with E-state index in [1.807, 2.05) is 23.1 Å². The second-order valence-electron chi connectivity index (χ2n) is 7.90. The SMILES string of the molecule is FC(F)(F)C1OCCn2c1nc1c(N3CCOCC3)nc(-c3cccc4c3C=NC4)nc12. The summed E-state index contributed by atoms with van der Waals surface area (Å²) < 4.78 is 53.0. The highest BCUT2D eigenvalue weighted by Crippen LogP contribution is 2.40. The molecular weight excluding hydrogens is 425 g/mol. The Hall–Kier alpha value is -3.05. The molecule has 6 rings (SSSR count). The highest BCUT2D eigenvalue weighted by Gasteiger charge is 2.47. The minimum atomic E-state index is -4.56. The van der Waals surface area contributed by atoms with Crippen LogP contribution in [0.15, 0.2) is 23.2 Å². The number of imidazole rings is 1. The van der Waals surface area contributed by atoms with Crippen LogP contribution in [-0.4, -0.2) is 64.8 Å². The van der Waals surface area contributed by atoms with E-state index in [1.165, 1.54) is 4.57 Å². The molecule has 0 spiro atoms. The van der Waals surface area contributed by atoms with Crippen molar-refractivity contribution >= 4 is 23.2 Å². The molecule has 1 fully saturated rings. The van der Waals surface area contributed by atoms with Crippen molar-refractivity contribution in [2.75, 3.05) is 37.8 Å². The maximum atomic E-state index is 13.6. The summed E-state index contributed by atoms with van der Waals surface area (Å²) in [5.74, 6) is 0.783. The minimum absolute atomic E-state index is 0.0672. The number of morpholine rings is 1. The quantitative estimate of drug-likeness (QED) is 0.605. The van der Waals surface area contributed by atoms with Crippen LogP contribution in [-0.2, 0) is 22.6 Å². The Bertz CT molecular complexity index is 1230. The van der Waals surface area contributed by atoms with Gasteiger partial charge in [-0.05, 0) is 5.56 Å². The predicted molar refractivity (Wildman–Crippen MR) is 110 cm³/mol. The molecular formula is C21H19F3N6O2. The van der Waals surface area contributed by atoms with Gasteiger partial charge in [-0.15, -0.1) is 0 Å². The molecule has 5 heterocycles. The Morgan fingerprint density at radius 1 is 1.00 bits per heavy atom. The first kappa shape index (κ1) is 19.6. The molecule has 2 aromatic heterocycles. The monoisotopic (exact) mass is 444 g/mol. The van der Waals surface area contributed by atoms with Crippen LogP contribution < -0.4 is 4.90 Å². The number of hydrogen-bond acceptors (Lipinski definition) is 7. The molecule has 1 saturated heterocycles. The minimum Gasteiger partial charge on any atom is -0.378 e. The van der Waals surface area contributed by atoms with Gasteiger partial charge in [0, 0.05) is 37.0 Å². The molecule has 0 N–H and O–H groups in total. The summed E-state index contributed by atoms with van der Waals surface area (Å²) in [6.45, 7) is 2.93. The fourth-order valence-electron chi connectivity index (χ4n) is 4.45. The first-order chi connectivity index (χ1) is 15.5. The maximum Gasteiger partial charge on any atom is 0.421 e. The Morgan fingerprint density at radius 2 is 1.84 bits per heavy atom. The third kappa shape index (κ3) is 3.06. The van der Waals surface area contributed by atoms with Crippen LogP contribution in [0.25, 0.3) is 22.6 Å². The molecule has 11 heteroatoms. The number of benzene rings is 1. The van der Waals surface area contributed by atoms with Gasteiger partial charge in [-0.25, -0.2) is 15.0 Å². The molecule has 3 aliphatic heterocycles. The van der Waals surface area contributed by atoms with Crippen LogP contribution >= 0.6 is 0 Å². The summed E-state index contributed by atoms with van der Waals surface area (Å²) >= 11 is 0. The number of anilines is 1. The smallest absolute Gasteiger partial charge is 0.378 e. The highest BCUT2D eigenvalue weighted by molar-refractivity contribution is 5.94. The summed E-state index contributed by atoms with van der Waals surface area (Å²) in [7, 11) is 0. The zero-order valence-corrected chi connectivity index (χ0v) is 17.0.